The number of aliphatic imine (C=N–C) groups is 1. The number of hydrogen-bond donors (Lipinski definition) is 2. The molecule has 0 aromatic heterocycles. The molecule has 1 fully saturated rings. The average Bonchev–Trinajstić information content (AvgIpc) is 3.14. The Morgan fingerprint density at radius 1 is 1.21 bits per heavy atom. The molecule has 1 unspecified atom stereocenters. The van der Waals surface area contributed by atoms with Crippen molar-refractivity contribution in [2.24, 2.45) is 4.99 Å². The quantitative estimate of drug-likeness (QED) is 0.392. The van der Waals surface area contributed by atoms with Crippen LogP contribution in [0.1, 0.15) is 31.2 Å². The van der Waals surface area contributed by atoms with Crippen molar-refractivity contribution in [2.45, 2.75) is 38.2 Å². The Kier molecular flexibility index (Phi) is 9.27. The van der Waals surface area contributed by atoms with Crippen molar-refractivity contribution in [1.29, 1.82) is 0 Å². The second-order valence-corrected chi connectivity index (χ2v) is 6.07. The molecule has 0 saturated carbocycles. The summed E-state index contributed by atoms with van der Waals surface area (Å²) in [7, 11) is 1.80. The molecule has 1 heterocycles. The summed E-state index contributed by atoms with van der Waals surface area (Å²) in [6.45, 7) is 4.25. The molecule has 0 spiro atoms. The molecule has 1 saturated heterocycles. The third kappa shape index (κ3) is 7.79. The Bertz CT molecular complexity index is 459. The molecular formula is C19H31N3O2. The van der Waals surface area contributed by atoms with E-state index in [2.05, 4.69) is 39.9 Å². The van der Waals surface area contributed by atoms with Crippen LogP contribution in [0.15, 0.2) is 35.3 Å². The summed E-state index contributed by atoms with van der Waals surface area (Å²) in [6, 6.07) is 10.5. The zero-order chi connectivity index (χ0) is 16.9. The third-order valence-corrected chi connectivity index (χ3v) is 4.13. The summed E-state index contributed by atoms with van der Waals surface area (Å²) >= 11 is 0. The number of ether oxygens (including phenoxy) is 2. The minimum absolute atomic E-state index is 0.335. The number of nitrogens with zero attached hydrogens (tertiary/aromatic N) is 1. The lowest BCUT2D eigenvalue weighted by Crippen LogP contribution is -2.41. The van der Waals surface area contributed by atoms with Crippen LogP contribution in [-0.2, 0) is 15.9 Å². The van der Waals surface area contributed by atoms with Crippen LogP contribution < -0.4 is 10.6 Å². The molecule has 134 valence electrons. The maximum absolute atomic E-state index is 5.70. The zero-order valence-electron chi connectivity index (χ0n) is 14.8. The first-order valence-corrected chi connectivity index (χ1v) is 9.06. The fourth-order valence-corrected chi connectivity index (χ4v) is 2.71. The van der Waals surface area contributed by atoms with E-state index in [0.717, 1.165) is 64.6 Å². The van der Waals surface area contributed by atoms with E-state index in [0.29, 0.717) is 6.10 Å². The van der Waals surface area contributed by atoms with Crippen LogP contribution in [0, 0.1) is 0 Å². The maximum atomic E-state index is 5.70. The molecule has 2 rings (SSSR count). The van der Waals surface area contributed by atoms with E-state index in [-0.39, 0.29) is 0 Å². The molecule has 5 heteroatoms. The minimum atomic E-state index is 0.335. The van der Waals surface area contributed by atoms with Gasteiger partial charge in [-0.1, -0.05) is 30.3 Å². The van der Waals surface area contributed by atoms with Gasteiger partial charge in [-0.25, -0.2) is 0 Å². The Labute approximate surface area is 145 Å². The summed E-state index contributed by atoms with van der Waals surface area (Å²) in [5, 5.41) is 6.66. The van der Waals surface area contributed by atoms with Gasteiger partial charge in [-0.15, -0.1) is 0 Å². The third-order valence-electron chi connectivity index (χ3n) is 4.13. The van der Waals surface area contributed by atoms with E-state index in [4.69, 9.17) is 9.47 Å². The Morgan fingerprint density at radius 2 is 2.08 bits per heavy atom. The minimum Gasteiger partial charge on any atom is -0.381 e. The number of hydrogen-bond acceptors (Lipinski definition) is 3. The van der Waals surface area contributed by atoms with Crippen molar-refractivity contribution in [3.8, 4) is 0 Å². The number of nitrogens with one attached hydrogen (secondary N) is 2. The average molecular weight is 333 g/mol. The van der Waals surface area contributed by atoms with Gasteiger partial charge in [0.2, 0.25) is 0 Å². The fraction of sp³-hybridized carbons (Fsp3) is 0.632. The van der Waals surface area contributed by atoms with Crippen LogP contribution in [0.25, 0.3) is 0 Å². The van der Waals surface area contributed by atoms with Crippen LogP contribution in [-0.4, -0.2) is 52.0 Å². The SMILES string of the molecule is CN=C(NCCCCOCCc1ccccc1)NCC1CCCO1. The lowest BCUT2D eigenvalue weighted by Gasteiger charge is -2.15. The predicted octanol–water partition coefficient (Wildman–Crippen LogP) is 2.37. The highest BCUT2D eigenvalue weighted by Crippen LogP contribution is 2.10. The van der Waals surface area contributed by atoms with Gasteiger partial charge in [-0.2, -0.15) is 0 Å². The molecule has 0 bridgehead atoms. The second kappa shape index (κ2) is 11.9. The lowest BCUT2D eigenvalue weighted by molar-refractivity contribution is 0.114. The van der Waals surface area contributed by atoms with E-state index in [1.165, 1.54) is 12.0 Å². The summed E-state index contributed by atoms with van der Waals surface area (Å²) in [5.41, 5.74) is 1.33. The van der Waals surface area contributed by atoms with Crippen LogP contribution >= 0.6 is 0 Å². The molecule has 0 amide bonds. The van der Waals surface area contributed by atoms with E-state index in [9.17, 15) is 0 Å². The first kappa shape index (κ1) is 18.7. The van der Waals surface area contributed by atoms with Crippen molar-refractivity contribution in [2.75, 3.05) is 40.0 Å². The van der Waals surface area contributed by atoms with Crippen molar-refractivity contribution in [3.05, 3.63) is 35.9 Å². The Hall–Kier alpha value is -1.59. The highest BCUT2D eigenvalue weighted by Gasteiger charge is 2.15. The largest absolute Gasteiger partial charge is 0.381 e. The van der Waals surface area contributed by atoms with Crippen LogP contribution in [0.5, 0.6) is 0 Å². The van der Waals surface area contributed by atoms with E-state index in [1.807, 2.05) is 6.07 Å². The van der Waals surface area contributed by atoms with Crippen molar-refractivity contribution >= 4 is 5.96 Å². The van der Waals surface area contributed by atoms with Gasteiger partial charge in [0.05, 0.1) is 12.7 Å². The number of unbranched alkanes of at least 4 members (excludes halogenated alkanes) is 1. The lowest BCUT2D eigenvalue weighted by atomic mass is 10.2. The van der Waals surface area contributed by atoms with Gasteiger partial charge in [-0.3, -0.25) is 4.99 Å². The van der Waals surface area contributed by atoms with Crippen molar-refractivity contribution in [3.63, 3.8) is 0 Å². The van der Waals surface area contributed by atoms with Crippen LogP contribution in [0.3, 0.4) is 0 Å². The van der Waals surface area contributed by atoms with Gasteiger partial charge in [-0.05, 0) is 37.7 Å². The molecule has 24 heavy (non-hydrogen) atoms. The first-order valence-electron chi connectivity index (χ1n) is 9.06. The van der Waals surface area contributed by atoms with Gasteiger partial charge < -0.3 is 20.1 Å². The maximum Gasteiger partial charge on any atom is 0.191 e. The number of guanidine groups is 1. The van der Waals surface area contributed by atoms with Crippen molar-refractivity contribution in [1.82, 2.24) is 10.6 Å². The monoisotopic (exact) mass is 333 g/mol. The summed E-state index contributed by atoms with van der Waals surface area (Å²) < 4.78 is 11.3. The van der Waals surface area contributed by atoms with E-state index in [1.54, 1.807) is 7.05 Å². The van der Waals surface area contributed by atoms with E-state index < -0.39 is 0 Å². The second-order valence-electron chi connectivity index (χ2n) is 6.07. The van der Waals surface area contributed by atoms with Gasteiger partial charge in [0.1, 0.15) is 0 Å². The molecule has 1 aliphatic heterocycles. The molecule has 0 aliphatic carbocycles. The zero-order valence-corrected chi connectivity index (χ0v) is 14.8. The molecule has 5 nitrogen and oxygen atoms in total. The molecule has 1 aromatic rings. The highest BCUT2D eigenvalue weighted by atomic mass is 16.5. The number of rotatable bonds is 10. The molecule has 0 radical (unpaired) electrons. The summed E-state index contributed by atoms with van der Waals surface area (Å²) in [6.07, 6.45) is 5.77. The van der Waals surface area contributed by atoms with Crippen molar-refractivity contribution < 1.29 is 9.47 Å². The van der Waals surface area contributed by atoms with Gasteiger partial charge in [0.15, 0.2) is 5.96 Å². The molecule has 2 N–H and O–H groups in total. The molecule has 1 aliphatic rings. The fourth-order valence-electron chi connectivity index (χ4n) is 2.71. The van der Waals surface area contributed by atoms with Gasteiger partial charge >= 0.3 is 0 Å². The smallest absolute Gasteiger partial charge is 0.191 e. The normalized spacial score (nSPS) is 17.9. The topological polar surface area (TPSA) is 54.9 Å². The summed E-state index contributed by atoms with van der Waals surface area (Å²) in [5.74, 6) is 0.857. The standard InChI is InChI=1S/C19H31N3O2/c1-20-19(22-16-18-10-7-14-24-18)21-12-5-6-13-23-15-11-17-8-3-2-4-9-17/h2-4,8-9,18H,5-7,10-16H2,1H3,(H2,20,21,22). The first-order chi connectivity index (χ1) is 11.9. The molecular weight excluding hydrogens is 302 g/mol. The van der Waals surface area contributed by atoms with Crippen LogP contribution in [0.4, 0.5) is 0 Å². The molecule has 1 aromatic carbocycles. The summed E-state index contributed by atoms with van der Waals surface area (Å²) in [4.78, 5) is 4.24. The van der Waals surface area contributed by atoms with Gasteiger partial charge in [0.25, 0.3) is 0 Å². The highest BCUT2D eigenvalue weighted by molar-refractivity contribution is 5.79. The van der Waals surface area contributed by atoms with Gasteiger partial charge in [0, 0.05) is 33.4 Å². The Balaban J connectivity index is 1.42. The van der Waals surface area contributed by atoms with Crippen LogP contribution in [0.2, 0.25) is 0 Å². The predicted molar refractivity (Wildman–Crippen MR) is 98.5 cm³/mol. The van der Waals surface area contributed by atoms with E-state index >= 15 is 0 Å². The number of benzene rings is 1. The molecule has 1 atom stereocenters. The Morgan fingerprint density at radius 3 is 2.83 bits per heavy atom.